The van der Waals surface area contributed by atoms with E-state index < -0.39 is 0 Å². The van der Waals surface area contributed by atoms with Crippen molar-refractivity contribution in [3.05, 3.63) is 87.8 Å². The second-order valence-electron chi connectivity index (χ2n) is 5.30. The first-order chi connectivity index (χ1) is 12.1. The molecule has 0 atom stereocenters. The molecular formula is C19H15Cl2NO3. The summed E-state index contributed by atoms with van der Waals surface area (Å²) in [5.74, 6) is 0.617. The van der Waals surface area contributed by atoms with Crippen molar-refractivity contribution in [3.8, 4) is 5.75 Å². The van der Waals surface area contributed by atoms with Crippen LogP contribution in [0.4, 0.5) is 0 Å². The van der Waals surface area contributed by atoms with Crippen molar-refractivity contribution >= 4 is 29.1 Å². The third kappa shape index (κ3) is 4.56. The van der Waals surface area contributed by atoms with Crippen molar-refractivity contribution in [2.24, 2.45) is 0 Å². The number of para-hydroxylation sites is 1. The van der Waals surface area contributed by atoms with E-state index in [1.165, 1.54) is 6.26 Å². The maximum atomic E-state index is 12.4. The molecule has 4 nitrogen and oxygen atoms in total. The molecule has 6 heteroatoms. The Morgan fingerprint density at radius 3 is 2.60 bits per heavy atom. The topological polar surface area (TPSA) is 51.5 Å². The summed E-state index contributed by atoms with van der Waals surface area (Å²) in [6, 6.07) is 16.2. The van der Waals surface area contributed by atoms with Gasteiger partial charge in [-0.3, -0.25) is 4.79 Å². The molecule has 1 amide bonds. The molecule has 0 aliphatic carbocycles. The van der Waals surface area contributed by atoms with Gasteiger partial charge in [0.2, 0.25) is 0 Å². The minimum Gasteiger partial charge on any atom is -0.489 e. The maximum absolute atomic E-state index is 12.4. The minimum atomic E-state index is -0.331. The lowest BCUT2D eigenvalue weighted by Crippen LogP contribution is -2.23. The molecule has 0 bridgehead atoms. The number of ether oxygens (including phenoxy) is 1. The van der Waals surface area contributed by atoms with E-state index >= 15 is 0 Å². The Bertz CT molecular complexity index is 862. The Balaban J connectivity index is 1.62. The number of benzene rings is 2. The van der Waals surface area contributed by atoms with Gasteiger partial charge in [0, 0.05) is 22.2 Å². The van der Waals surface area contributed by atoms with Crippen LogP contribution < -0.4 is 10.1 Å². The van der Waals surface area contributed by atoms with Gasteiger partial charge in [-0.05, 0) is 35.9 Å². The second kappa shape index (κ2) is 8.10. The number of furan rings is 1. The van der Waals surface area contributed by atoms with Crippen LogP contribution in [0.2, 0.25) is 10.0 Å². The lowest BCUT2D eigenvalue weighted by Gasteiger charge is -2.08. The van der Waals surface area contributed by atoms with Gasteiger partial charge in [-0.1, -0.05) is 47.5 Å². The van der Waals surface area contributed by atoms with Crippen LogP contribution in [0.5, 0.6) is 5.75 Å². The molecule has 3 rings (SSSR count). The maximum Gasteiger partial charge on any atom is 0.287 e. The van der Waals surface area contributed by atoms with Gasteiger partial charge in [-0.2, -0.15) is 0 Å². The first-order valence-electron chi connectivity index (χ1n) is 7.60. The zero-order chi connectivity index (χ0) is 17.6. The summed E-state index contributed by atoms with van der Waals surface area (Å²) in [5, 5.41) is 3.83. The Labute approximate surface area is 155 Å². The van der Waals surface area contributed by atoms with Crippen LogP contribution in [0, 0.1) is 0 Å². The standard InChI is InChI=1S/C19H15Cl2NO3/c20-15-7-6-13(17(21)10-15)11-22-19(23)18-14(8-9-24-18)12-25-16-4-2-1-3-5-16/h1-10H,11-12H2,(H,22,23). The molecule has 1 heterocycles. The van der Waals surface area contributed by atoms with Crippen LogP contribution in [0.1, 0.15) is 21.7 Å². The zero-order valence-corrected chi connectivity index (χ0v) is 14.7. The van der Waals surface area contributed by atoms with E-state index in [2.05, 4.69) is 5.32 Å². The summed E-state index contributed by atoms with van der Waals surface area (Å²) in [6.45, 7) is 0.513. The summed E-state index contributed by atoms with van der Waals surface area (Å²) < 4.78 is 11.0. The van der Waals surface area contributed by atoms with E-state index in [1.807, 2.05) is 30.3 Å². The molecule has 1 N–H and O–H groups in total. The molecule has 0 radical (unpaired) electrons. The number of halogens is 2. The first kappa shape index (κ1) is 17.4. The number of nitrogens with one attached hydrogen (secondary N) is 1. The first-order valence-corrected chi connectivity index (χ1v) is 8.35. The number of carbonyl (C=O) groups is 1. The molecule has 0 aliphatic rings. The monoisotopic (exact) mass is 375 g/mol. The third-order valence-corrected chi connectivity index (χ3v) is 4.13. The van der Waals surface area contributed by atoms with Crippen LogP contribution in [0.25, 0.3) is 0 Å². The number of amides is 1. The van der Waals surface area contributed by atoms with E-state index in [1.54, 1.807) is 24.3 Å². The SMILES string of the molecule is O=C(NCc1ccc(Cl)cc1Cl)c1occc1COc1ccccc1. The fraction of sp³-hybridized carbons (Fsp3) is 0.105. The van der Waals surface area contributed by atoms with Crippen molar-refractivity contribution < 1.29 is 13.9 Å². The predicted molar refractivity (Wildman–Crippen MR) is 97.1 cm³/mol. The van der Waals surface area contributed by atoms with Gasteiger partial charge in [-0.15, -0.1) is 0 Å². The molecule has 3 aromatic rings. The highest BCUT2D eigenvalue weighted by molar-refractivity contribution is 6.35. The largest absolute Gasteiger partial charge is 0.489 e. The highest BCUT2D eigenvalue weighted by atomic mass is 35.5. The molecule has 0 unspecified atom stereocenters. The molecule has 0 aliphatic heterocycles. The molecule has 0 saturated carbocycles. The molecule has 25 heavy (non-hydrogen) atoms. The Hall–Kier alpha value is -2.43. The van der Waals surface area contributed by atoms with E-state index in [4.69, 9.17) is 32.4 Å². The molecular weight excluding hydrogens is 361 g/mol. The van der Waals surface area contributed by atoms with Crippen LogP contribution in [-0.4, -0.2) is 5.91 Å². The van der Waals surface area contributed by atoms with E-state index in [0.29, 0.717) is 15.6 Å². The number of rotatable bonds is 6. The zero-order valence-electron chi connectivity index (χ0n) is 13.2. The summed E-state index contributed by atoms with van der Waals surface area (Å²) in [7, 11) is 0. The predicted octanol–water partition coefficient (Wildman–Crippen LogP) is 5.10. The quantitative estimate of drug-likeness (QED) is 0.652. The Morgan fingerprint density at radius 2 is 1.84 bits per heavy atom. The van der Waals surface area contributed by atoms with Gasteiger partial charge >= 0.3 is 0 Å². The van der Waals surface area contributed by atoms with Gasteiger partial charge in [0.1, 0.15) is 12.4 Å². The number of hydrogen-bond donors (Lipinski definition) is 1. The smallest absolute Gasteiger partial charge is 0.287 e. The lowest BCUT2D eigenvalue weighted by molar-refractivity contribution is 0.0919. The fourth-order valence-electron chi connectivity index (χ4n) is 2.25. The van der Waals surface area contributed by atoms with Crippen molar-refractivity contribution in [2.75, 3.05) is 0 Å². The van der Waals surface area contributed by atoms with E-state index in [-0.39, 0.29) is 24.8 Å². The highest BCUT2D eigenvalue weighted by Crippen LogP contribution is 2.21. The van der Waals surface area contributed by atoms with Gasteiger partial charge in [-0.25, -0.2) is 0 Å². The second-order valence-corrected chi connectivity index (χ2v) is 6.14. The van der Waals surface area contributed by atoms with Crippen LogP contribution in [0.3, 0.4) is 0 Å². The van der Waals surface area contributed by atoms with Gasteiger partial charge in [0.05, 0.1) is 6.26 Å². The molecule has 0 saturated heterocycles. The Morgan fingerprint density at radius 1 is 1.04 bits per heavy atom. The normalized spacial score (nSPS) is 10.5. The molecule has 2 aromatic carbocycles. The number of hydrogen-bond acceptors (Lipinski definition) is 3. The van der Waals surface area contributed by atoms with E-state index in [9.17, 15) is 4.79 Å². The van der Waals surface area contributed by atoms with Crippen LogP contribution in [-0.2, 0) is 13.2 Å². The van der Waals surface area contributed by atoms with Crippen molar-refractivity contribution in [2.45, 2.75) is 13.2 Å². The van der Waals surface area contributed by atoms with Gasteiger partial charge in [0.15, 0.2) is 5.76 Å². The van der Waals surface area contributed by atoms with Crippen molar-refractivity contribution in [3.63, 3.8) is 0 Å². The minimum absolute atomic E-state index is 0.223. The highest BCUT2D eigenvalue weighted by Gasteiger charge is 2.16. The third-order valence-electron chi connectivity index (χ3n) is 3.55. The number of carbonyl (C=O) groups excluding carboxylic acids is 1. The van der Waals surface area contributed by atoms with Crippen LogP contribution >= 0.6 is 23.2 Å². The molecule has 128 valence electrons. The van der Waals surface area contributed by atoms with Crippen LogP contribution in [0.15, 0.2) is 65.3 Å². The van der Waals surface area contributed by atoms with Gasteiger partial charge in [0.25, 0.3) is 5.91 Å². The molecule has 0 spiro atoms. The average molecular weight is 376 g/mol. The van der Waals surface area contributed by atoms with Gasteiger partial charge < -0.3 is 14.5 Å². The Kier molecular flexibility index (Phi) is 5.64. The van der Waals surface area contributed by atoms with Crippen molar-refractivity contribution in [1.82, 2.24) is 5.32 Å². The summed E-state index contributed by atoms with van der Waals surface area (Å²) in [6.07, 6.45) is 1.47. The van der Waals surface area contributed by atoms with Crippen molar-refractivity contribution in [1.29, 1.82) is 0 Å². The average Bonchev–Trinajstić information content (AvgIpc) is 3.08. The summed E-state index contributed by atoms with van der Waals surface area (Å²) >= 11 is 12.0. The summed E-state index contributed by atoms with van der Waals surface area (Å²) in [5.41, 5.74) is 1.44. The summed E-state index contributed by atoms with van der Waals surface area (Å²) in [4.78, 5) is 12.4. The molecule has 1 aromatic heterocycles. The lowest BCUT2D eigenvalue weighted by atomic mass is 10.2. The van der Waals surface area contributed by atoms with E-state index in [0.717, 1.165) is 11.3 Å². The fourth-order valence-corrected chi connectivity index (χ4v) is 2.72. The molecule has 0 fully saturated rings.